The number of hydrogen-bond acceptors (Lipinski definition) is 4. The minimum Gasteiger partial charge on any atom is -0.393 e. The molecule has 0 aliphatic rings. The van der Waals surface area contributed by atoms with Crippen molar-refractivity contribution in [3.63, 3.8) is 0 Å². The van der Waals surface area contributed by atoms with Crippen LogP contribution >= 0.6 is 11.3 Å². The average Bonchev–Trinajstić information content (AvgIpc) is 3.05. The molecule has 0 saturated heterocycles. The maximum atomic E-state index is 13.2. The molecule has 0 bridgehead atoms. The van der Waals surface area contributed by atoms with Crippen molar-refractivity contribution >= 4 is 38.9 Å². The summed E-state index contributed by atoms with van der Waals surface area (Å²) in [5.41, 5.74) is 3.31. The van der Waals surface area contributed by atoms with Crippen molar-refractivity contribution in [1.82, 2.24) is 10.3 Å². The van der Waals surface area contributed by atoms with Gasteiger partial charge in [0.25, 0.3) is 0 Å². The van der Waals surface area contributed by atoms with Crippen molar-refractivity contribution in [2.24, 2.45) is 0 Å². The van der Waals surface area contributed by atoms with Gasteiger partial charge in [0.1, 0.15) is 0 Å². The van der Waals surface area contributed by atoms with Crippen LogP contribution in [-0.4, -0.2) is 18.2 Å². The van der Waals surface area contributed by atoms with Crippen LogP contribution in [-0.2, 0) is 0 Å². The fourth-order valence-corrected chi connectivity index (χ4v) is 3.38. The lowest BCUT2D eigenvalue weighted by molar-refractivity contribution is 0.641. The highest BCUT2D eigenvalue weighted by Crippen LogP contribution is 2.31. The second-order valence-corrected chi connectivity index (χ2v) is 6.87. The lowest BCUT2D eigenvalue weighted by Crippen LogP contribution is -1.98. The molecule has 0 aliphatic heterocycles. The van der Waals surface area contributed by atoms with Crippen LogP contribution in [0.15, 0.2) is 54.5 Å². The Labute approximate surface area is 158 Å². The summed E-state index contributed by atoms with van der Waals surface area (Å²) < 4.78 is 14.2. The van der Waals surface area contributed by atoms with Crippen molar-refractivity contribution in [3.8, 4) is 0 Å². The number of nitrogens with zero attached hydrogens (tertiary/aromatic N) is 1. The molecule has 0 radical (unpaired) electrons. The third-order valence-electron chi connectivity index (χ3n) is 3.65. The van der Waals surface area contributed by atoms with Gasteiger partial charge in [-0.1, -0.05) is 31.6 Å². The smallest absolute Gasteiger partial charge is 0.0968 e. The number of nitrogens with one attached hydrogen (secondary N) is 2. The molecule has 2 aromatic heterocycles. The molecule has 136 valence electrons. The van der Waals surface area contributed by atoms with Gasteiger partial charge in [-0.05, 0) is 43.2 Å². The van der Waals surface area contributed by atoms with Gasteiger partial charge in [-0.15, -0.1) is 11.3 Å². The molecule has 3 nitrogen and oxygen atoms in total. The Kier molecular flexibility index (Phi) is 7.48. The fraction of sp³-hybridized carbons (Fsp3) is 0.238. The van der Waals surface area contributed by atoms with Crippen LogP contribution in [0.25, 0.3) is 21.4 Å². The van der Waals surface area contributed by atoms with Gasteiger partial charge in [0, 0.05) is 29.9 Å². The molecule has 0 aromatic carbocycles. The molecule has 0 unspecified atom stereocenters. The lowest BCUT2D eigenvalue weighted by Gasteiger charge is -2.00. The summed E-state index contributed by atoms with van der Waals surface area (Å²) in [6, 6.07) is 5.95. The maximum Gasteiger partial charge on any atom is 0.0968 e. The summed E-state index contributed by atoms with van der Waals surface area (Å²) in [6.07, 6.45) is 12.5. The predicted molar refractivity (Wildman–Crippen MR) is 112 cm³/mol. The SMILES string of the molecule is CCC/C=C/C(=C\C=C(/C)F)c1cc2nc(/C(C=N)=C/NC)ccc2s1. The van der Waals surface area contributed by atoms with Gasteiger partial charge >= 0.3 is 0 Å². The van der Waals surface area contributed by atoms with Gasteiger partial charge in [-0.2, -0.15) is 0 Å². The van der Waals surface area contributed by atoms with Crippen LogP contribution in [0.4, 0.5) is 4.39 Å². The number of aromatic nitrogens is 1. The van der Waals surface area contributed by atoms with E-state index in [-0.39, 0.29) is 5.83 Å². The summed E-state index contributed by atoms with van der Waals surface area (Å²) in [5, 5.41) is 10.5. The first-order valence-corrected chi connectivity index (χ1v) is 9.40. The Hall–Kier alpha value is -2.53. The monoisotopic (exact) mass is 369 g/mol. The molecular weight excluding hydrogens is 345 g/mol. The molecule has 0 aliphatic carbocycles. The maximum absolute atomic E-state index is 13.2. The van der Waals surface area contributed by atoms with E-state index in [9.17, 15) is 4.39 Å². The third-order valence-corrected chi connectivity index (χ3v) is 4.79. The first kappa shape index (κ1) is 19.8. The minimum absolute atomic E-state index is 0.222. The van der Waals surface area contributed by atoms with Gasteiger partial charge in [0.15, 0.2) is 0 Å². The number of pyridine rings is 1. The van der Waals surface area contributed by atoms with Crippen LogP contribution in [0, 0.1) is 5.41 Å². The second-order valence-electron chi connectivity index (χ2n) is 5.79. The Morgan fingerprint density at radius 1 is 1.31 bits per heavy atom. The van der Waals surface area contributed by atoms with Crippen LogP contribution in [0.3, 0.4) is 0 Å². The van der Waals surface area contributed by atoms with Crippen LogP contribution < -0.4 is 5.32 Å². The summed E-state index contributed by atoms with van der Waals surface area (Å²) in [7, 11) is 1.80. The van der Waals surface area contributed by atoms with E-state index in [1.165, 1.54) is 19.2 Å². The summed E-state index contributed by atoms with van der Waals surface area (Å²) >= 11 is 1.63. The lowest BCUT2D eigenvalue weighted by atomic mass is 10.1. The van der Waals surface area contributed by atoms with Crippen LogP contribution in [0.2, 0.25) is 0 Å². The molecule has 0 spiro atoms. The molecule has 0 saturated carbocycles. The molecular formula is C21H24FN3S. The Morgan fingerprint density at radius 3 is 2.77 bits per heavy atom. The Morgan fingerprint density at radius 2 is 2.12 bits per heavy atom. The largest absolute Gasteiger partial charge is 0.393 e. The van der Waals surface area contributed by atoms with E-state index in [1.807, 2.05) is 24.3 Å². The van der Waals surface area contributed by atoms with Crippen LogP contribution in [0.5, 0.6) is 0 Å². The Bertz CT molecular complexity index is 884. The van der Waals surface area contributed by atoms with Crippen molar-refractivity contribution < 1.29 is 4.39 Å². The van der Waals surface area contributed by atoms with E-state index >= 15 is 0 Å². The van der Waals surface area contributed by atoms with E-state index in [1.54, 1.807) is 30.7 Å². The van der Waals surface area contributed by atoms with E-state index in [0.29, 0.717) is 0 Å². The van der Waals surface area contributed by atoms with Crippen molar-refractivity contribution in [1.29, 1.82) is 5.41 Å². The number of rotatable bonds is 8. The van der Waals surface area contributed by atoms with Gasteiger partial charge in [0.05, 0.1) is 21.7 Å². The normalized spacial score (nSPS) is 13.6. The van der Waals surface area contributed by atoms with Crippen molar-refractivity contribution in [2.45, 2.75) is 26.7 Å². The molecule has 0 atom stereocenters. The number of fused-ring (bicyclic) bond motifs is 1. The van der Waals surface area contributed by atoms with Crippen LogP contribution in [0.1, 0.15) is 37.3 Å². The van der Waals surface area contributed by atoms with Gasteiger partial charge < -0.3 is 10.7 Å². The summed E-state index contributed by atoms with van der Waals surface area (Å²) in [6.45, 7) is 3.57. The number of allylic oxidation sites excluding steroid dienone is 7. The van der Waals surface area contributed by atoms with E-state index in [4.69, 9.17) is 5.41 Å². The van der Waals surface area contributed by atoms with E-state index in [2.05, 4.69) is 23.3 Å². The van der Waals surface area contributed by atoms with E-state index < -0.39 is 0 Å². The molecule has 2 rings (SSSR count). The average molecular weight is 370 g/mol. The van der Waals surface area contributed by atoms with Gasteiger partial charge in [-0.25, -0.2) is 9.37 Å². The van der Waals surface area contributed by atoms with Gasteiger partial charge in [-0.3, -0.25) is 0 Å². The quantitative estimate of drug-likeness (QED) is 0.435. The summed E-state index contributed by atoms with van der Waals surface area (Å²) in [5.74, 6) is -0.222. The topological polar surface area (TPSA) is 48.8 Å². The number of unbranched alkanes of at least 4 members (excludes halogenated alkanes) is 1. The number of halogens is 1. The first-order valence-electron chi connectivity index (χ1n) is 8.59. The molecule has 0 fully saturated rings. The molecule has 26 heavy (non-hydrogen) atoms. The Balaban J connectivity index is 2.47. The van der Waals surface area contributed by atoms with Gasteiger partial charge in [0.2, 0.25) is 0 Å². The molecule has 2 N–H and O–H groups in total. The minimum atomic E-state index is -0.222. The van der Waals surface area contributed by atoms with E-state index in [0.717, 1.165) is 44.8 Å². The highest BCUT2D eigenvalue weighted by Gasteiger charge is 2.08. The predicted octanol–water partition coefficient (Wildman–Crippen LogP) is 6.12. The fourth-order valence-electron chi connectivity index (χ4n) is 2.37. The standard InChI is InChI=1S/C21H24FN3S/c1-4-5-6-7-16(9-8-15(2)22)21-12-19-20(26-21)11-10-18(25-19)17(13-23)14-24-3/h6-14,23-24H,4-5H2,1-3H3/b7-6+,15-8+,16-9+,17-14+,23-13?. The highest BCUT2D eigenvalue weighted by atomic mass is 32.1. The third kappa shape index (κ3) is 5.23. The summed E-state index contributed by atoms with van der Waals surface area (Å²) in [4.78, 5) is 5.71. The highest BCUT2D eigenvalue weighted by molar-refractivity contribution is 7.20. The molecule has 0 amide bonds. The molecule has 2 aromatic rings. The number of thiophene rings is 1. The molecule has 2 heterocycles. The zero-order valence-electron chi connectivity index (χ0n) is 15.3. The first-order chi connectivity index (χ1) is 12.6. The zero-order chi connectivity index (χ0) is 18.9. The van der Waals surface area contributed by atoms with Crippen molar-refractivity contribution in [3.05, 3.63) is 65.1 Å². The van der Waals surface area contributed by atoms with Crippen molar-refractivity contribution in [2.75, 3.05) is 7.05 Å². The molecule has 5 heteroatoms. The number of hydrogen-bond donors (Lipinski definition) is 2. The second kappa shape index (κ2) is 9.82. The zero-order valence-corrected chi connectivity index (χ0v) is 16.2.